The van der Waals surface area contributed by atoms with Gasteiger partial charge in [0.15, 0.2) is 0 Å². The van der Waals surface area contributed by atoms with Gasteiger partial charge in [-0.05, 0) is 25.3 Å². The summed E-state index contributed by atoms with van der Waals surface area (Å²) >= 11 is 0. The first kappa shape index (κ1) is 13.9. The van der Waals surface area contributed by atoms with Gasteiger partial charge in [-0.25, -0.2) is 13.1 Å². The number of hydrogen-bond acceptors (Lipinski definition) is 3. The van der Waals surface area contributed by atoms with Crippen LogP contribution in [0.3, 0.4) is 0 Å². The standard InChI is InChI=1S/C9H22N2O2S/c1-4-7-14(12,13)11-9(5-6-10)8(2)3/h8-9,11H,4-7,10H2,1-3H3. The Labute approximate surface area is 87.3 Å². The van der Waals surface area contributed by atoms with E-state index in [-0.39, 0.29) is 17.7 Å². The molecule has 0 aliphatic carbocycles. The fourth-order valence-electron chi connectivity index (χ4n) is 1.27. The summed E-state index contributed by atoms with van der Waals surface area (Å²) in [5.41, 5.74) is 5.43. The summed E-state index contributed by atoms with van der Waals surface area (Å²) in [6.07, 6.45) is 1.34. The van der Waals surface area contributed by atoms with Crippen LogP contribution in [-0.4, -0.2) is 26.8 Å². The lowest BCUT2D eigenvalue weighted by Crippen LogP contribution is -2.40. The highest BCUT2D eigenvalue weighted by atomic mass is 32.2. The topological polar surface area (TPSA) is 72.2 Å². The molecule has 0 aromatic heterocycles. The summed E-state index contributed by atoms with van der Waals surface area (Å²) in [6, 6.07) is -0.0310. The molecule has 0 radical (unpaired) electrons. The van der Waals surface area contributed by atoms with Crippen LogP contribution in [0.15, 0.2) is 0 Å². The van der Waals surface area contributed by atoms with E-state index < -0.39 is 10.0 Å². The van der Waals surface area contributed by atoms with Crippen molar-refractivity contribution in [3.05, 3.63) is 0 Å². The quantitative estimate of drug-likeness (QED) is 0.665. The Morgan fingerprint density at radius 3 is 2.29 bits per heavy atom. The molecular weight excluding hydrogens is 200 g/mol. The molecule has 0 aromatic rings. The van der Waals surface area contributed by atoms with E-state index >= 15 is 0 Å². The predicted molar refractivity (Wildman–Crippen MR) is 59.5 cm³/mol. The average Bonchev–Trinajstić information content (AvgIpc) is 2.02. The van der Waals surface area contributed by atoms with Gasteiger partial charge in [-0.3, -0.25) is 0 Å². The Morgan fingerprint density at radius 2 is 1.93 bits per heavy atom. The Kier molecular flexibility index (Phi) is 6.31. The minimum Gasteiger partial charge on any atom is -0.330 e. The minimum atomic E-state index is -3.10. The smallest absolute Gasteiger partial charge is 0.211 e. The maximum absolute atomic E-state index is 11.5. The molecule has 0 amide bonds. The molecule has 0 saturated heterocycles. The zero-order chi connectivity index (χ0) is 11.2. The van der Waals surface area contributed by atoms with Gasteiger partial charge in [0.1, 0.15) is 0 Å². The summed E-state index contributed by atoms with van der Waals surface area (Å²) in [5, 5.41) is 0. The van der Waals surface area contributed by atoms with Gasteiger partial charge in [-0.15, -0.1) is 0 Å². The van der Waals surface area contributed by atoms with Crippen LogP contribution in [0.5, 0.6) is 0 Å². The third kappa shape index (κ3) is 5.57. The maximum atomic E-state index is 11.5. The van der Waals surface area contributed by atoms with Crippen LogP contribution in [-0.2, 0) is 10.0 Å². The molecule has 14 heavy (non-hydrogen) atoms. The van der Waals surface area contributed by atoms with Crippen LogP contribution in [0.25, 0.3) is 0 Å². The van der Waals surface area contributed by atoms with Gasteiger partial charge in [0.25, 0.3) is 0 Å². The van der Waals surface area contributed by atoms with Crippen LogP contribution in [0.1, 0.15) is 33.6 Å². The summed E-state index contributed by atoms with van der Waals surface area (Å²) < 4.78 is 25.6. The molecule has 86 valence electrons. The molecule has 3 N–H and O–H groups in total. The van der Waals surface area contributed by atoms with Crippen LogP contribution < -0.4 is 10.5 Å². The summed E-state index contributed by atoms with van der Waals surface area (Å²) in [7, 11) is -3.10. The molecule has 0 fully saturated rings. The van der Waals surface area contributed by atoms with Crippen molar-refractivity contribution in [1.82, 2.24) is 4.72 Å². The lowest BCUT2D eigenvalue weighted by atomic mass is 10.0. The zero-order valence-electron chi connectivity index (χ0n) is 9.29. The van der Waals surface area contributed by atoms with Crippen molar-refractivity contribution in [3.8, 4) is 0 Å². The van der Waals surface area contributed by atoms with Crippen LogP contribution in [0.2, 0.25) is 0 Å². The highest BCUT2D eigenvalue weighted by Gasteiger charge is 2.18. The largest absolute Gasteiger partial charge is 0.330 e. The molecule has 0 spiro atoms. The molecule has 0 aliphatic heterocycles. The van der Waals surface area contributed by atoms with Crippen molar-refractivity contribution in [1.29, 1.82) is 0 Å². The molecule has 0 aromatic carbocycles. The normalized spacial score (nSPS) is 14.6. The first-order valence-electron chi connectivity index (χ1n) is 5.13. The summed E-state index contributed by atoms with van der Waals surface area (Å²) in [5.74, 6) is 0.478. The lowest BCUT2D eigenvalue weighted by molar-refractivity contribution is 0.428. The third-order valence-electron chi connectivity index (χ3n) is 2.09. The maximum Gasteiger partial charge on any atom is 0.211 e. The van der Waals surface area contributed by atoms with Gasteiger partial charge >= 0.3 is 0 Å². The van der Waals surface area contributed by atoms with E-state index in [1.54, 1.807) is 0 Å². The van der Waals surface area contributed by atoms with Crippen LogP contribution in [0, 0.1) is 5.92 Å². The molecule has 1 atom stereocenters. The van der Waals surface area contributed by atoms with Crippen molar-refractivity contribution in [2.45, 2.75) is 39.7 Å². The number of rotatable bonds is 7. The Balaban J connectivity index is 4.28. The van der Waals surface area contributed by atoms with Gasteiger partial charge in [-0.1, -0.05) is 20.8 Å². The van der Waals surface area contributed by atoms with Crippen molar-refractivity contribution in [2.24, 2.45) is 11.7 Å². The van der Waals surface area contributed by atoms with E-state index in [2.05, 4.69) is 4.72 Å². The first-order valence-corrected chi connectivity index (χ1v) is 6.78. The summed E-state index contributed by atoms with van der Waals surface area (Å²) in [6.45, 7) is 6.35. The highest BCUT2D eigenvalue weighted by molar-refractivity contribution is 7.89. The van der Waals surface area contributed by atoms with Gasteiger partial charge < -0.3 is 5.73 Å². The van der Waals surface area contributed by atoms with Crippen LogP contribution >= 0.6 is 0 Å². The SMILES string of the molecule is CCCS(=O)(=O)NC(CCN)C(C)C. The van der Waals surface area contributed by atoms with E-state index in [1.807, 2.05) is 20.8 Å². The van der Waals surface area contributed by atoms with E-state index in [9.17, 15) is 8.42 Å². The zero-order valence-corrected chi connectivity index (χ0v) is 10.1. The number of nitrogens with one attached hydrogen (secondary N) is 1. The second kappa shape index (κ2) is 6.37. The van der Waals surface area contributed by atoms with Gasteiger partial charge in [0.2, 0.25) is 10.0 Å². The Morgan fingerprint density at radius 1 is 1.36 bits per heavy atom. The number of sulfonamides is 1. The fourth-order valence-corrected chi connectivity index (χ4v) is 2.77. The van der Waals surface area contributed by atoms with E-state index in [0.717, 1.165) is 0 Å². The highest BCUT2D eigenvalue weighted by Crippen LogP contribution is 2.07. The minimum absolute atomic E-state index is 0.0310. The number of hydrogen-bond donors (Lipinski definition) is 2. The number of nitrogens with two attached hydrogens (primary N) is 1. The molecule has 0 bridgehead atoms. The molecule has 5 heteroatoms. The molecule has 1 unspecified atom stereocenters. The molecule has 0 aliphatic rings. The lowest BCUT2D eigenvalue weighted by Gasteiger charge is -2.21. The van der Waals surface area contributed by atoms with Gasteiger partial charge in [0.05, 0.1) is 5.75 Å². The third-order valence-corrected chi connectivity index (χ3v) is 3.69. The van der Waals surface area contributed by atoms with Gasteiger partial charge in [0, 0.05) is 6.04 Å². The van der Waals surface area contributed by atoms with Crippen molar-refractivity contribution >= 4 is 10.0 Å². The fraction of sp³-hybridized carbons (Fsp3) is 1.00. The van der Waals surface area contributed by atoms with E-state index in [4.69, 9.17) is 5.73 Å². The Hall–Kier alpha value is -0.130. The molecule has 0 rings (SSSR count). The van der Waals surface area contributed by atoms with E-state index in [1.165, 1.54) is 0 Å². The molecule has 4 nitrogen and oxygen atoms in total. The molecule has 0 heterocycles. The monoisotopic (exact) mass is 222 g/mol. The van der Waals surface area contributed by atoms with Crippen LogP contribution in [0.4, 0.5) is 0 Å². The molecule has 0 saturated carbocycles. The predicted octanol–water partition coefficient (Wildman–Crippen LogP) is 0.689. The molecular formula is C9H22N2O2S. The second-order valence-corrected chi connectivity index (χ2v) is 5.74. The van der Waals surface area contributed by atoms with Crippen molar-refractivity contribution in [3.63, 3.8) is 0 Å². The Bertz CT molecular complexity index is 237. The first-order chi connectivity index (χ1) is 6.43. The van der Waals surface area contributed by atoms with Crippen molar-refractivity contribution < 1.29 is 8.42 Å². The van der Waals surface area contributed by atoms with Crippen molar-refractivity contribution in [2.75, 3.05) is 12.3 Å². The second-order valence-electron chi connectivity index (χ2n) is 3.86. The van der Waals surface area contributed by atoms with Gasteiger partial charge in [-0.2, -0.15) is 0 Å². The average molecular weight is 222 g/mol. The summed E-state index contributed by atoms with van der Waals surface area (Å²) in [4.78, 5) is 0. The van der Waals surface area contributed by atoms with E-state index in [0.29, 0.717) is 19.4 Å².